The molecule has 0 bridgehead atoms. The van der Waals surface area contributed by atoms with Gasteiger partial charge in [-0.3, -0.25) is 14.5 Å². The van der Waals surface area contributed by atoms with Crippen molar-refractivity contribution in [3.63, 3.8) is 0 Å². The van der Waals surface area contributed by atoms with Crippen LogP contribution in [-0.4, -0.2) is 54.9 Å². The Balaban J connectivity index is 1.27. The lowest BCUT2D eigenvalue weighted by Gasteiger charge is -2.40. The monoisotopic (exact) mass is 531 g/mol. The minimum absolute atomic E-state index is 0.0831. The van der Waals surface area contributed by atoms with E-state index >= 15 is 0 Å². The summed E-state index contributed by atoms with van der Waals surface area (Å²) < 4.78 is 5.35. The molecule has 0 radical (unpaired) electrons. The molecule has 0 aromatic heterocycles. The van der Waals surface area contributed by atoms with Gasteiger partial charge in [0.25, 0.3) is 5.91 Å². The zero-order valence-corrected chi connectivity index (χ0v) is 22.6. The molecule has 6 nitrogen and oxygen atoms in total. The van der Waals surface area contributed by atoms with Gasteiger partial charge in [0.1, 0.15) is 5.75 Å². The summed E-state index contributed by atoms with van der Waals surface area (Å²) in [4.78, 5) is 30.7. The van der Waals surface area contributed by atoms with Gasteiger partial charge in [-0.05, 0) is 35.4 Å². The van der Waals surface area contributed by atoms with Crippen LogP contribution in [0.5, 0.6) is 5.75 Å². The van der Waals surface area contributed by atoms with E-state index in [9.17, 15) is 9.59 Å². The molecule has 4 aromatic rings. The molecule has 1 aliphatic rings. The number of carbonyl (C=O) groups is 2. The van der Waals surface area contributed by atoms with Crippen LogP contribution in [-0.2, 0) is 4.79 Å². The Kier molecular flexibility index (Phi) is 8.69. The van der Waals surface area contributed by atoms with Crippen LogP contribution in [0.3, 0.4) is 0 Å². The van der Waals surface area contributed by atoms with Gasteiger partial charge < -0.3 is 15.0 Å². The van der Waals surface area contributed by atoms with Gasteiger partial charge in [-0.1, -0.05) is 91.0 Å². The van der Waals surface area contributed by atoms with Crippen LogP contribution in [0.4, 0.5) is 5.69 Å². The van der Waals surface area contributed by atoms with Crippen molar-refractivity contribution in [2.24, 2.45) is 0 Å². The Hall–Kier alpha value is -4.68. The minimum atomic E-state index is -0.315. The number of nitrogens with zero attached hydrogens (tertiary/aromatic N) is 2. The summed E-state index contributed by atoms with van der Waals surface area (Å²) in [5.41, 5.74) is 4.26. The average molecular weight is 532 g/mol. The summed E-state index contributed by atoms with van der Waals surface area (Å²) in [7, 11) is 1.60. The molecular weight excluding hydrogens is 498 g/mol. The van der Waals surface area contributed by atoms with E-state index in [1.807, 2.05) is 53.4 Å². The predicted octanol–water partition coefficient (Wildman–Crippen LogP) is 5.89. The van der Waals surface area contributed by atoms with Crippen LogP contribution in [0.1, 0.15) is 33.1 Å². The lowest BCUT2D eigenvalue weighted by molar-refractivity contribution is -0.111. The molecular formula is C34H33N3O3. The first-order chi connectivity index (χ1) is 19.6. The Labute approximate surface area is 235 Å². The minimum Gasteiger partial charge on any atom is -0.496 e. The number of amides is 2. The van der Waals surface area contributed by atoms with E-state index in [1.54, 1.807) is 25.3 Å². The van der Waals surface area contributed by atoms with Gasteiger partial charge in [-0.2, -0.15) is 0 Å². The van der Waals surface area contributed by atoms with Gasteiger partial charge in [0.05, 0.1) is 24.4 Å². The van der Waals surface area contributed by atoms with Crippen molar-refractivity contribution in [1.29, 1.82) is 0 Å². The fourth-order valence-electron chi connectivity index (χ4n) is 5.16. The fraction of sp³-hybridized carbons (Fsp3) is 0.176. The smallest absolute Gasteiger partial charge is 0.256 e. The number of hydrogen-bond donors (Lipinski definition) is 1. The third kappa shape index (κ3) is 6.30. The van der Waals surface area contributed by atoms with Gasteiger partial charge in [0.15, 0.2) is 0 Å². The maximum absolute atomic E-state index is 13.6. The third-order valence-electron chi connectivity index (χ3n) is 7.17. The highest BCUT2D eigenvalue weighted by Gasteiger charge is 2.29. The first kappa shape index (κ1) is 26.9. The summed E-state index contributed by atoms with van der Waals surface area (Å²) >= 11 is 0. The van der Waals surface area contributed by atoms with E-state index in [4.69, 9.17) is 4.74 Å². The maximum atomic E-state index is 13.6. The summed E-state index contributed by atoms with van der Waals surface area (Å²) in [6, 6.07) is 35.8. The van der Waals surface area contributed by atoms with Crippen LogP contribution in [0.25, 0.3) is 6.08 Å². The number of piperazine rings is 1. The molecule has 1 saturated heterocycles. The van der Waals surface area contributed by atoms with E-state index < -0.39 is 0 Å². The molecule has 0 unspecified atom stereocenters. The average Bonchev–Trinajstić information content (AvgIpc) is 3.02. The Morgan fingerprint density at radius 1 is 0.750 bits per heavy atom. The zero-order chi connectivity index (χ0) is 27.7. The molecule has 0 spiro atoms. The predicted molar refractivity (Wildman–Crippen MR) is 159 cm³/mol. The first-order valence-electron chi connectivity index (χ1n) is 13.5. The molecule has 202 valence electrons. The summed E-state index contributed by atoms with van der Waals surface area (Å²) in [6.07, 6.45) is 3.15. The number of benzene rings is 4. The molecule has 1 heterocycles. The largest absolute Gasteiger partial charge is 0.496 e. The Morgan fingerprint density at radius 3 is 1.98 bits per heavy atom. The molecule has 6 heteroatoms. The van der Waals surface area contributed by atoms with Crippen molar-refractivity contribution in [2.75, 3.05) is 38.6 Å². The standard InChI is InChI=1S/C34H33N3O3/c1-40-31-19-11-8-12-26(31)20-21-32(38)35-30-18-10-9-17-29(30)34(39)37-24-22-36(23-25-37)33(27-13-4-2-5-14-27)28-15-6-3-7-16-28/h2-21,33H,22-25H2,1H3,(H,35,38)/b21-20+. The Bertz CT molecular complexity index is 1420. The topological polar surface area (TPSA) is 61.9 Å². The number of anilines is 1. The second-order valence-corrected chi connectivity index (χ2v) is 9.66. The van der Waals surface area contributed by atoms with Gasteiger partial charge in [-0.15, -0.1) is 0 Å². The summed E-state index contributed by atoms with van der Waals surface area (Å²) in [5.74, 6) is 0.285. The first-order valence-corrected chi connectivity index (χ1v) is 13.5. The van der Waals surface area contributed by atoms with Crippen LogP contribution >= 0.6 is 0 Å². The molecule has 0 aliphatic carbocycles. The number of ether oxygens (including phenoxy) is 1. The van der Waals surface area contributed by atoms with Crippen LogP contribution in [0, 0.1) is 0 Å². The van der Waals surface area contributed by atoms with Crippen molar-refractivity contribution in [2.45, 2.75) is 6.04 Å². The van der Waals surface area contributed by atoms with E-state index in [0.29, 0.717) is 30.1 Å². The lowest BCUT2D eigenvalue weighted by Crippen LogP contribution is -2.50. The molecule has 40 heavy (non-hydrogen) atoms. The Morgan fingerprint density at radius 2 is 1.32 bits per heavy atom. The second-order valence-electron chi connectivity index (χ2n) is 9.66. The second kappa shape index (κ2) is 12.9. The van der Waals surface area contributed by atoms with Gasteiger partial charge in [-0.25, -0.2) is 0 Å². The highest BCUT2D eigenvalue weighted by atomic mass is 16.5. The normalized spacial score (nSPS) is 13.9. The van der Waals surface area contributed by atoms with Crippen molar-refractivity contribution in [3.05, 3.63) is 138 Å². The number of carbonyl (C=O) groups excluding carboxylic acids is 2. The summed E-state index contributed by atoms with van der Waals surface area (Å²) in [6.45, 7) is 2.70. The number of rotatable bonds is 8. The van der Waals surface area contributed by atoms with E-state index in [2.05, 4.69) is 58.7 Å². The van der Waals surface area contributed by atoms with Gasteiger partial charge >= 0.3 is 0 Å². The SMILES string of the molecule is COc1ccccc1/C=C/C(=O)Nc1ccccc1C(=O)N1CCN(C(c2ccccc2)c2ccccc2)CC1. The highest BCUT2D eigenvalue weighted by molar-refractivity contribution is 6.07. The number of para-hydroxylation sites is 2. The number of hydrogen-bond acceptors (Lipinski definition) is 4. The molecule has 0 atom stereocenters. The quantitative estimate of drug-likeness (QED) is 0.288. The molecule has 1 N–H and O–H groups in total. The highest BCUT2D eigenvalue weighted by Crippen LogP contribution is 2.30. The zero-order valence-electron chi connectivity index (χ0n) is 22.6. The van der Waals surface area contributed by atoms with E-state index in [-0.39, 0.29) is 17.9 Å². The number of nitrogens with one attached hydrogen (secondary N) is 1. The third-order valence-corrected chi connectivity index (χ3v) is 7.17. The van der Waals surface area contributed by atoms with Crippen molar-refractivity contribution >= 4 is 23.6 Å². The molecule has 4 aromatic carbocycles. The molecule has 1 aliphatic heterocycles. The van der Waals surface area contributed by atoms with Crippen LogP contribution in [0.2, 0.25) is 0 Å². The molecule has 5 rings (SSSR count). The molecule has 2 amide bonds. The van der Waals surface area contributed by atoms with Crippen molar-refractivity contribution in [3.8, 4) is 5.75 Å². The van der Waals surface area contributed by atoms with E-state index in [1.165, 1.54) is 17.2 Å². The van der Waals surface area contributed by atoms with Crippen molar-refractivity contribution in [1.82, 2.24) is 9.80 Å². The number of methoxy groups -OCH3 is 1. The maximum Gasteiger partial charge on any atom is 0.256 e. The van der Waals surface area contributed by atoms with Crippen LogP contribution in [0.15, 0.2) is 115 Å². The van der Waals surface area contributed by atoms with Crippen LogP contribution < -0.4 is 10.1 Å². The van der Waals surface area contributed by atoms with Crippen molar-refractivity contribution < 1.29 is 14.3 Å². The van der Waals surface area contributed by atoms with E-state index in [0.717, 1.165) is 18.7 Å². The fourth-order valence-corrected chi connectivity index (χ4v) is 5.16. The van der Waals surface area contributed by atoms with Gasteiger partial charge in [0.2, 0.25) is 5.91 Å². The van der Waals surface area contributed by atoms with Gasteiger partial charge in [0, 0.05) is 37.8 Å². The lowest BCUT2D eigenvalue weighted by atomic mass is 9.96. The molecule has 1 fully saturated rings. The molecule has 0 saturated carbocycles. The summed E-state index contributed by atoms with van der Waals surface area (Å²) in [5, 5.41) is 2.88.